The summed E-state index contributed by atoms with van der Waals surface area (Å²) in [6, 6.07) is 28.9. The van der Waals surface area contributed by atoms with Crippen molar-refractivity contribution in [2.45, 2.75) is 83.3 Å². The number of imide groups is 1. The molecular formula is C55H57N9O7S. The van der Waals surface area contributed by atoms with Crippen LogP contribution in [0.5, 0.6) is 11.5 Å². The van der Waals surface area contributed by atoms with Crippen LogP contribution in [0.15, 0.2) is 91.0 Å². The van der Waals surface area contributed by atoms with Crippen LogP contribution in [0.2, 0.25) is 0 Å². The van der Waals surface area contributed by atoms with Crippen LogP contribution in [0.1, 0.15) is 101 Å². The number of H-pyrrole nitrogens is 1. The van der Waals surface area contributed by atoms with Crippen LogP contribution in [-0.2, 0) is 22.6 Å². The normalized spacial score (nSPS) is 19.8. The molecule has 72 heavy (non-hydrogen) atoms. The number of aromatic nitrogens is 4. The zero-order valence-electron chi connectivity index (χ0n) is 40.2. The maximum atomic E-state index is 13.7. The zero-order valence-corrected chi connectivity index (χ0v) is 41.0. The van der Waals surface area contributed by atoms with Gasteiger partial charge in [-0.25, -0.2) is 14.8 Å². The fraction of sp³-hybridized carbons (Fsp3) is 0.364. The number of thiazole rings is 1. The van der Waals surface area contributed by atoms with Crippen LogP contribution in [-0.4, -0.2) is 104 Å². The highest BCUT2D eigenvalue weighted by Gasteiger charge is 2.32. The van der Waals surface area contributed by atoms with Crippen LogP contribution >= 0.6 is 11.3 Å². The number of ether oxygens (including phenoxy) is 1. The fourth-order valence-corrected chi connectivity index (χ4v) is 11.8. The first-order valence-electron chi connectivity index (χ1n) is 25.1. The first-order valence-corrected chi connectivity index (χ1v) is 25.9. The van der Waals surface area contributed by atoms with E-state index in [1.54, 1.807) is 0 Å². The molecule has 17 heteroatoms. The third-order valence-electron chi connectivity index (χ3n) is 14.9. The molecule has 6 heterocycles. The number of pyridine rings is 1. The van der Waals surface area contributed by atoms with Gasteiger partial charge >= 0.3 is 5.97 Å². The minimum atomic E-state index is -1.11. The van der Waals surface area contributed by atoms with Crippen molar-refractivity contribution < 1.29 is 33.9 Å². The van der Waals surface area contributed by atoms with E-state index in [9.17, 15) is 24.3 Å². The molecule has 1 saturated carbocycles. The molecule has 3 aromatic heterocycles. The standard InChI is InChI=1S/C55H57N9O7S/c1-33-38(39-20-22-48(57-51(39)54(68)69)63-26-24-35-8-4-10-40(43(35)32-63)52(66)59-55-56-44-11-2-3-13-47(44)72-55)9-5-12-46(33)70-36-16-14-34(15-17-36)7-6-25-62-27-29-64(30-28-62)71-37-18-19-41-45(31-37)60-61-50(41)42-21-23-49(65)58-53(42)67/h2-5,8-13,18-20,22,31,34,36,42H,6-7,14-17,21,23-30,32H2,1H3,(H,60,61)(H,68,69)(H,56,59,66)(H,58,65,67)/t34-,36-,42?. The van der Waals surface area contributed by atoms with Gasteiger partial charge in [0.15, 0.2) is 10.8 Å². The average Bonchev–Trinajstić information content (AvgIpc) is 4.01. The lowest BCUT2D eigenvalue weighted by atomic mass is 9.84. The van der Waals surface area contributed by atoms with Crippen LogP contribution in [0, 0.1) is 12.8 Å². The molecule has 2 saturated heterocycles. The van der Waals surface area contributed by atoms with E-state index in [-0.39, 0.29) is 29.5 Å². The number of carbonyl (C=O) groups excluding carboxylic acids is 3. The van der Waals surface area contributed by atoms with Crippen molar-refractivity contribution in [2.24, 2.45) is 5.92 Å². The third-order valence-corrected chi connectivity index (χ3v) is 15.8. The molecule has 7 aromatic rings. The SMILES string of the molecule is Cc1c(O[C@H]2CC[C@H](CCCN3CCN(Oc4ccc5c(C6CCC(=O)NC6=O)n[nH]c5c4)CC3)CC2)cccc1-c1ccc(N2CCc3cccc(C(=O)Nc4nc5ccccc5s4)c3C2)nc1C(=O)O. The zero-order chi connectivity index (χ0) is 49.3. The van der Waals surface area contributed by atoms with Crippen molar-refractivity contribution in [1.82, 2.24) is 35.4 Å². The monoisotopic (exact) mass is 987 g/mol. The second-order valence-corrected chi connectivity index (χ2v) is 20.5. The minimum Gasteiger partial charge on any atom is -0.490 e. The predicted molar refractivity (Wildman–Crippen MR) is 276 cm³/mol. The molecule has 0 bridgehead atoms. The molecule has 16 nitrogen and oxygen atoms in total. The number of aromatic carboxylic acids is 1. The highest BCUT2D eigenvalue weighted by Crippen LogP contribution is 2.38. The summed E-state index contributed by atoms with van der Waals surface area (Å²) in [6.07, 6.45) is 8.08. The number of anilines is 2. The van der Waals surface area contributed by atoms with Gasteiger partial charge in [-0.05, 0) is 142 Å². The van der Waals surface area contributed by atoms with E-state index in [2.05, 4.69) is 30.7 Å². The van der Waals surface area contributed by atoms with E-state index in [1.807, 2.05) is 108 Å². The van der Waals surface area contributed by atoms with E-state index < -0.39 is 11.9 Å². The molecule has 0 radical (unpaired) electrons. The number of hydrogen-bond acceptors (Lipinski definition) is 13. The van der Waals surface area contributed by atoms with Gasteiger partial charge in [-0.15, -0.1) is 5.06 Å². The first-order chi connectivity index (χ1) is 35.1. The number of nitrogens with zero attached hydrogens (tertiary/aromatic N) is 6. The number of para-hydroxylation sites is 1. The maximum Gasteiger partial charge on any atom is 0.355 e. The van der Waals surface area contributed by atoms with E-state index in [0.29, 0.717) is 66.0 Å². The summed E-state index contributed by atoms with van der Waals surface area (Å²) in [7, 11) is 0. The Labute approximate surface area is 420 Å². The van der Waals surface area contributed by atoms with Crippen LogP contribution < -0.4 is 25.1 Å². The lowest BCUT2D eigenvalue weighted by molar-refractivity contribution is -0.134. The highest BCUT2D eigenvalue weighted by molar-refractivity contribution is 7.22. The van der Waals surface area contributed by atoms with Crippen molar-refractivity contribution >= 4 is 67.1 Å². The van der Waals surface area contributed by atoms with Crippen molar-refractivity contribution in [1.29, 1.82) is 0 Å². The van der Waals surface area contributed by atoms with E-state index in [4.69, 9.17) is 14.6 Å². The predicted octanol–water partition coefficient (Wildman–Crippen LogP) is 8.91. The number of amides is 3. The number of carbonyl (C=O) groups is 4. The number of hydroxylamine groups is 2. The van der Waals surface area contributed by atoms with E-state index >= 15 is 0 Å². The van der Waals surface area contributed by atoms with Gasteiger partial charge in [0, 0.05) is 68.3 Å². The molecule has 1 aliphatic carbocycles. The number of piperazine rings is 1. The number of carboxylic acid groups (broad SMARTS) is 1. The molecular weight excluding hydrogens is 931 g/mol. The van der Waals surface area contributed by atoms with Gasteiger partial charge in [0.25, 0.3) is 5.91 Å². The second-order valence-electron chi connectivity index (χ2n) is 19.4. The molecule has 11 rings (SSSR count). The Morgan fingerprint density at radius 2 is 1.69 bits per heavy atom. The summed E-state index contributed by atoms with van der Waals surface area (Å²) in [4.78, 5) is 70.8. The summed E-state index contributed by atoms with van der Waals surface area (Å²) in [5.41, 5.74) is 7.02. The number of aromatic amines is 1. The highest BCUT2D eigenvalue weighted by atomic mass is 32.1. The van der Waals surface area contributed by atoms with Gasteiger partial charge in [-0.1, -0.05) is 47.7 Å². The van der Waals surface area contributed by atoms with E-state index in [0.717, 1.165) is 120 Å². The number of fused-ring (bicyclic) bond motifs is 3. The molecule has 3 amide bonds. The Kier molecular flexibility index (Phi) is 13.4. The number of hydrogen-bond donors (Lipinski definition) is 4. The Hall–Kier alpha value is -7.21. The molecule has 370 valence electrons. The van der Waals surface area contributed by atoms with Gasteiger partial charge < -0.3 is 24.5 Å². The Morgan fingerprint density at radius 3 is 2.51 bits per heavy atom. The van der Waals surface area contributed by atoms with Gasteiger partial charge in [0.1, 0.15) is 17.3 Å². The lowest BCUT2D eigenvalue weighted by Crippen LogP contribution is -2.47. The van der Waals surface area contributed by atoms with Crippen molar-refractivity contribution in [2.75, 3.05) is 49.5 Å². The fourth-order valence-electron chi connectivity index (χ4n) is 10.9. The third kappa shape index (κ3) is 10.0. The van der Waals surface area contributed by atoms with Gasteiger partial charge in [0.2, 0.25) is 11.8 Å². The molecule has 1 atom stereocenters. The topological polar surface area (TPSA) is 195 Å². The van der Waals surface area contributed by atoms with Crippen LogP contribution in [0.4, 0.5) is 10.9 Å². The van der Waals surface area contributed by atoms with Crippen molar-refractivity contribution in [3.63, 3.8) is 0 Å². The average molecular weight is 988 g/mol. The quantitative estimate of drug-likeness (QED) is 0.0755. The summed E-state index contributed by atoms with van der Waals surface area (Å²) < 4.78 is 7.67. The van der Waals surface area contributed by atoms with Gasteiger partial charge in [-0.2, -0.15) is 5.10 Å². The van der Waals surface area contributed by atoms with Crippen molar-refractivity contribution in [3.8, 4) is 22.6 Å². The summed E-state index contributed by atoms with van der Waals surface area (Å²) in [5, 5.41) is 26.8. The second kappa shape index (κ2) is 20.5. The molecule has 0 spiro atoms. The smallest absolute Gasteiger partial charge is 0.355 e. The van der Waals surface area contributed by atoms with Crippen LogP contribution in [0.25, 0.3) is 32.2 Å². The summed E-state index contributed by atoms with van der Waals surface area (Å²) >= 11 is 1.44. The summed E-state index contributed by atoms with van der Waals surface area (Å²) in [6.45, 7) is 7.57. The largest absolute Gasteiger partial charge is 0.490 e. The number of benzene rings is 4. The molecule has 3 fully saturated rings. The lowest BCUT2D eigenvalue weighted by Gasteiger charge is -2.34. The van der Waals surface area contributed by atoms with Gasteiger partial charge in [0.05, 0.1) is 33.4 Å². The first kappa shape index (κ1) is 47.1. The summed E-state index contributed by atoms with van der Waals surface area (Å²) in [5.74, 6) is 0.378. The molecule has 4 aliphatic rings. The minimum absolute atomic E-state index is 0.0238. The van der Waals surface area contributed by atoms with E-state index in [1.165, 1.54) is 17.8 Å². The number of piperidine rings is 1. The van der Waals surface area contributed by atoms with Gasteiger partial charge in [-0.3, -0.25) is 30.1 Å². The Balaban J connectivity index is 0.649. The molecule has 4 aromatic carbocycles. The number of rotatable bonds is 14. The Bertz CT molecular complexity index is 3160. The molecule has 3 aliphatic heterocycles. The Morgan fingerprint density at radius 1 is 0.861 bits per heavy atom. The maximum absolute atomic E-state index is 13.7. The number of carboxylic acids is 1. The number of nitrogens with one attached hydrogen (secondary N) is 3. The van der Waals surface area contributed by atoms with Crippen molar-refractivity contribution in [3.05, 3.63) is 125 Å². The van der Waals surface area contributed by atoms with Crippen LogP contribution in [0.3, 0.4) is 0 Å². The molecule has 4 N–H and O–H groups in total. The molecule has 1 unspecified atom stereocenters.